The largest absolute Gasteiger partial charge is 0.613 e. The maximum atomic E-state index is 15.9. The molecule has 15 nitrogen and oxygen atoms in total. The molecule has 0 spiro atoms. The zero-order chi connectivity index (χ0) is 30.5. The van der Waals surface area contributed by atoms with Crippen molar-refractivity contribution in [2.75, 3.05) is 30.9 Å². The van der Waals surface area contributed by atoms with Crippen LogP contribution in [-0.4, -0.2) is 87.0 Å². The summed E-state index contributed by atoms with van der Waals surface area (Å²) in [4.78, 5) is 38.1. The average Bonchev–Trinajstić information content (AvgIpc) is 3.41. The van der Waals surface area contributed by atoms with Gasteiger partial charge in [0.25, 0.3) is 0 Å². The predicted octanol–water partition coefficient (Wildman–Crippen LogP) is 2.76. The van der Waals surface area contributed by atoms with Gasteiger partial charge in [-0.15, -0.1) is 4.52 Å². The van der Waals surface area contributed by atoms with Gasteiger partial charge in [0, 0.05) is 7.05 Å². The molecule has 1 fully saturated rings. The molecule has 1 aliphatic rings. The number of anilines is 2. The molecule has 0 aromatic carbocycles. The summed E-state index contributed by atoms with van der Waals surface area (Å²) < 4.78 is 50.8. The van der Waals surface area contributed by atoms with Crippen LogP contribution in [0.3, 0.4) is 0 Å². The van der Waals surface area contributed by atoms with Crippen LogP contribution in [0.25, 0.3) is 11.2 Å². The standard InChI is InChI=1S/C24H38FN7O8P/c1-7-8-9-10-37-23(35)31(6)18-16-19(29-22(26)28-18)32(12-27-16)21-24(5,25)17(33)15(40-21)11-38-41(36)30-14(4)20(34)39-13(2)3/h12-15,17,21,33H,7-11H2,1-6H3,(H,30,36)(H2,26,28,29)/q+1/t14-,15+,17+,21+,24+/m0/s1. The van der Waals surface area contributed by atoms with Gasteiger partial charge in [-0.1, -0.05) is 24.9 Å². The van der Waals surface area contributed by atoms with Gasteiger partial charge in [0.05, 0.1) is 19.0 Å². The predicted molar refractivity (Wildman–Crippen MR) is 146 cm³/mol. The molecule has 1 aliphatic heterocycles. The molecule has 228 valence electrons. The summed E-state index contributed by atoms with van der Waals surface area (Å²) in [6.07, 6.45) is -1.61. The molecule has 3 rings (SSSR count). The minimum absolute atomic E-state index is 0.0407. The second-order valence-corrected chi connectivity index (χ2v) is 11.2. The second kappa shape index (κ2) is 13.7. The number of hydrogen-bond acceptors (Lipinski definition) is 12. The van der Waals surface area contributed by atoms with Crippen molar-refractivity contribution in [1.29, 1.82) is 0 Å². The molecule has 4 N–H and O–H groups in total. The molecule has 0 saturated carbocycles. The number of aliphatic hydroxyl groups is 1. The molecule has 17 heteroatoms. The van der Waals surface area contributed by atoms with Crippen molar-refractivity contribution in [2.45, 2.75) is 90.1 Å². The quantitative estimate of drug-likeness (QED) is 0.172. The molecule has 0 bridgehead atoms. The van der Waals surface area contributed by atoms with E-state index in [0.717, 1.165) is 24.7 Å². The van der Waals surface area contributed by atoms with E-state index in [1.165, 1.54) is 24.9 Å². The van der Waals surface area contributed by atoms with Crippen LogP contribution in [-0.2, 0) is 28.1 Å². The third-order valence-corrected chi connectivity index (χ3v) is 7.30. The SMILES string of the molecule is CCCCCOC(=O)N(C)c1nc(N)nc2c1ncn2[C@@H]1O[C@H](CO[P+](=O)N[C@@H](C)C(=O)OC(C)C)[C@@H](O)[C@@]1(C)F. The number of aliphatic hydroxyl groups excluding tert-OH is 1. The smallest absolute Gasteiger partial charge is 0.462 e. The lowest BCUT2D eigenvalue weighted by atomic mass is 9.98. The summed E-state index contributed by atoms with van der Waals surface area (Å²) in [6, 6.07) is -0.932. The fraction of sp³-hybridized carbons (Fsp3) is 0.708. The fourth-order valence-electron chi connectivity index (χ4n) is 4.09. The molecule has 0 radical (unpaired) electrons. The zero-order valence-electron chi connectivity index (χ0n) is 23.9. The number of esters is 1. The van der Waals surface area contributed by atoms with Gasteiger partial charge in [0.15, 0.2) is 28.9 Å². The third-order valence-electron chi connectivity index (χ3n) is 6.32. The van der Waals surface area contributed by atoms with Gasteiger partial charge in [-0.3, -0.25) is 14.3 Å². The van der Waals surface area contributed by atoms with Crippen molar-refractivity contribution in [1.82, 2.24) is 24.6 Å². The Morgan fingerprint density at radius 3 is 2.71 bits per heavy atom. The van der Waals surface area contributed by atoms with Crippen LogP contribution in [0.15, 0.2) is 6.33 Å². The van der Waals surface area contributed by atoms with E-state index in [2.05, 4.69) is 20.0 Å². The number of imidazole rings is 1. The fourth-order valence-corrected chi connectivity index (χ4v) is 4.87. The number of unbranched alkanes of at least 4 members (excludes halogenated alkanes) is 2. The number of carbonyl (C=O) groups excluding carboxylic acids is 2. The number of alkyl halides is 1. The van der Waals surface area contributed by atoms with E-state index in [1.807, 2.05) is 6.92 Å². The minimum atomic E-state index is -2.58. The van der Waals surface area contributed by atoms with Crippen molar-refractivity contribution in [2.24, 2.45) is 0 Å². The Balaban J connectivity index is 1.75. The van der Waals surface area contributed by atoms with Crippen molar-refractivity contribution >= 4 is 43.2 Å². The molecule has 41 heavy (non-hydrogen) atoms. The summed E-state index contributed by atoms with van der Waals surface area (Å²) in [6.45, 7) is 7.73. The molecule has 2 aromatic rings. The lowest BCUT2D eigenvalue weighted by Crippen LogP contribution is -2.40. The van der Waals surface area contributed by atoms with Gasteiger partial charge in [-0.05, 0) is 38.7 Å². The van der Waals surface area contributed by atoms with Crippen molar-refractivity contribution < 1.29 is 42.4 Å². The summed E-state index contributed by atoms with van der Waals surface area (Å²) in [5.41, 5.74) is 3.69. The Labute approximate surface area is 237 Å². The molecule has 2 aromatic heterocycles. The lowest BCUT2D eigenvalue weighted by molar-refractivity contribution is -0.149. The summed E-state index contributed by atoms with van der Waals surface area (Å²) in [7, 11) is -1.15. The van der Waals surface area contributed by atoms with Crippen LogP contribution in [0.2, 0.25) is 0 Å². The Kier molecular flexibility index (Phi) is 10.9. The molecule has 0 aliphatic carbocycles. The van der Waals surface area contributed by atoms with E-state index in [9.17, 15) is 19.3 Å². The van der Waals surface area contributed by atoms with E-state index >= 15 is 4.39 Å². The zero-order valence-corrected chi connectivity index (χ0v) is 24.8. The molecule has 3 heterocycles. The maximum Gasteiger partial charge on any atom is 0.613 e. The second-order valence-electron chi connectivity index (χ2n) is 10.1. The maximum absolute atomic E-state index is 15.9. The number of halogens is 1. The monoisotopic (exact) mass is 602 g/mol. The highest BCUT2D eigenvalue weighted by Crippen LogP contribution is 2.43. The van der Waals surface area contributed by atoms with Gasteiger partial charge in [0.1, 0.15) is 24.9 Å². The molecule has 1 saturated heterocycles. The number of ether oxygens (including phenoxy) is 3. The third kappa shape index (κ3) is 7.63. The van der Waals surface area contributed by atoms with E-state index in [0.29, 0.717) is 6.42 Å². The van der Waals surface area contributed by atoms with Gasteiger partial charge in [0.2, 0.25) is 5.95 Å². The number of nitrogens with one attached hydrogen (secondary N) is 1. The van der Waals surface area contributed by atoms with Crippen molar-refractivity contribution in [3.8, 4) is 0 Å². The van der Waals surface area contributed by atoms with Crippen LogP contribution in [0.4, 0.5) is 21.0 Å². The van der Waals surface area contributed by atoms with Gasteiger partial charge in [-0.25, -0.2) is 14.2 Å². The number of rotatable bonds is 13. The van der Waals surface area contributed by atoms with E-state index in [1.54, 1.807) is 13.8 Å². The van der Waals surface area contributed by atoms with E-state index < -0.39 is 57.0 Å². The Morgan fingerprint density at radius 2 is 2.05 bits per heavy atom. The van der Waals surface area contributed by atoms with Crippen LogP contribution in [0.1, 0.15) is 60.1 Å². The van der Waals surface area contributed by atoms with Crippen LogP contribution in [0.5, 0.6) is 0 Å². The number of nitrogens with two attached hydrogens (primary N) is 1. The Hall–Kier alpha value is -3.04. The summed E-state index contributed by atoms with van der Waals surface area (Å²) in [5.74, 6) is -0.797. The summed E-state index contributed by atoms with van der Waals surface area (Å²) >= 11 is 0. The highest BCUT2D eigenvalue weighted by atomic mass is 31.1. The summed E-state index contributed by atoms with van der Waals surface area (Å²) in [5, 5.41) is 13.2. The Bertz CT molecular complexity index is 1250. The van der Waals surface area contributed by atoms with Gasteiger partial charge < -0.3 is 25.1 Å². The van der Waals surface area contributed by atoms with Crippen LogP contribution in [0, 0.1) is 0 Å². The molecular weight excluding hydrogens is 564 g/mol. The normalized spacial score (nSPS) is 23.5. The number of nitrogen functional groups attached to an aromatic ring is 1. The number of amides is 1. The Morgan fingerprint density at radius 1 is 1.34 bits per heavy atom. The first-order valence-electron chi connectivity index (χ1n) is 13.3. The molecule has 1 amide bonds. The highest BCUT2D eigenvalue weighted by molar-refractivity contribution is 7.36. The average molecular weight is 603 g/mol. The first-order chi connectivity index (χ1) is 19.3. The number of fused-ring (bicyclic) bond motifs is 1. The number of hydrogen-bond donors (Lipinski definition) is 3. The van der Waals surface area contributed by atoms with E-state index in [4.69, 9.17) is 24.5 Å². The number of carbonyl (C=O) groups is 2. The highest BCUT2D eigenvalue weighted by Gasteiger charge is 2.56. The van der Waals surface area contributed by atoms with E-state index in [-0.39, 0.29) is 35.6 Å². The van der Waals surface area contributed by atoms with Gasteiger partial charge in [-0.2, -0.15) is 9.97 Å². The van der Waals surface area contributed by atoms with Crippen molar-refractivity contribution in [3.05, 3.63) is 6.33 Å². The molecular formula is C24H38FN7O8P+. The van der Waals surface area contributed by atoms with Crippen LogP contribution < -0.4 is 15.7 Å². The lowest BCUT2D eigenvalue weighted by Gasteiger charge is -2.24. The van der Waals surface area contributed by atoms with Gasteiger partial charge >= 0.3 is 20.2 Å². The number of aromatic nitrogens is 4. The number of nitrogens with zero attached hydrogens (tertiary/aromatic N) is 5. The first-order valence-corrected chi connectivity index (χ1v) is 14.4. The molecule has 1 unspecified atom stereocenters. The minimum Gasteiger partial charge on any atom is -0.462 e. The topological polar surface area (TPSA) is 193 Å². The van der Waals surface area contributed by atoms with Crippen molar-refractivity contribution in [3.63, 3.8) is 0 Å². The molecule has 6 atom stereocenters. The van der Waals surface area contributed by atoms with Crippen LogP contribution >= 0.6 is 8.18 Å². The first kappa shape index (κ1) is 32.5.